The lowest BCUT2D eigenvalue weighted by Gasteiger charge is -2.08. The van der Waals surface area contributed by atoms with E-state index in [0.717, 1.165) is 25.7 Å². The Morgan fingerprint density at radius 1 is 1.07 bits per heavy atom. The van der Waals surface area contributed by atoms with Gasteiger partial charge in [0.2, 0.25) is 0 Å². The Hall–Kier alpha value is -0.530. The van der Waals surface area contributed by atoms with E-state index in [-0.39, 0.29) is 11.7 Å². The van der Waals surface area contributed by atoms with Crippen LogP contribution in [0.25, 0.3) is 0 Å². The van der Waals surface area contributed by atoms with Crippen molar-refractivity contribution in [2.45, 2.75) is 25.7 Å². The molecule has 1 aromatic carbocycles. The van der Waals surface area contributed by atoms with Crippen LogP contribution in [0.4, 0.5) is 0 Å². The minimum absolute atomic E-state index is 0.180. The van der Waals surface area contributed by atoms with E-state index in [4.69, 9.17) is 23.2 Å². The van der Waals surface area contributed by atoms with E-state index < -0.39 is 0 Å². The molecule has 0 aliphatic heterocycles. The highest BCUT2D eigenvalue weighted by Gasteiger charge is 2.24. The number of carbonyl (C=O) groups is 1. The van der Waals surface area contributed by atoms with Crippen molar-refractivity contribution in [3.05, 3.63) is 33.8 Å². The second-order valence-corrected chi connectivity index (χ2v) is 4.88. The number of hydrogen-bond acceptors (Lipinski definition) is 1. The van der Waals surface area contributed by atoms with E-state index in [9.17, 15) is 4.79 Å². The Kier molecular flexibility index (Phi) is 3.32. The molecule has 1 aliphatic carbocycles. The lowest BCUT2D eigenvalue weighted by Crippen LogP contribution is -2.10. The molecule has 0 saturated heterocycles. The van der Waals surface area contributed by atoms with E-state index in [1.165, 1.54) is 0 Å². The maximum Gasteiger partial charge on any atom is 0.166 e. The van der Waals surface area contributed by atoms with Gasteiger partial charge in [-0.05, 0) is 31.0 Å². The molecule has 0 spiro atoms. The van der Waals surface area contributed by atoms with Crippen molar-refractivity contribution in [3.8, 4) is 0 Å². The van der Waals surface area contributed by atoms with Crippen LogP contribution in [0.2, 0.25) is 10.0 Å². The molecular weight excluding hydrogens is 231 g/mol. The number of halogens is 2. The number of benzene rings is 1. The molecule has 1 saturated carbocycles. The second-order valence-electron chi connectivity index (χ2n) is 4.00. The normalized spacial score (nSPS) is 16.9. The van der Waals surface area contributed by atoms with Crippen LogP contribution < -0.4 is 0 Å². The lowest BCUT2D eigenvalue weighted by atomic mass is 9.96. The molecule has 80 valence electrons. The van der Waals surface area contributed by atoms with Crippen LogP contribution in [0.15, 0.2) is 18.2 Å². The van der Waals surface area contributed by atoms with Gasteiger partial charge in [0.25, 0.3) is 0 Å². The predicted molar refractivity (Wildman–Crippen MR) is 62.8 cm³/mol. The summed E-state index contributed by atoms with van der Waals surface area (Å²) >= 11 is 11.7. The summed E-state index contributed by atoms with van der Waals surface area (Å²) in [6.45, 7) is 0. The third kappa shape index (κ3) is 2.53. The van der Waals surface area contributed by atoms with Gasteiger partial charge >= 0.3 is 0 Å². The molecule has 1 aromatic rings. The first-order valence-electron chi connectivity index (χ1n) is 5.17. The summed E-state index contributed by atoms with van der Waals surface area (Å²) in [7, 11) is 0. The van der Waals surface area contributed by atoms with E-state index in [2.05, 4.69) is 0 Å². The first-order valence-corrected chi connectivity index (χ1v) is 5.93. The SMILES string of the molecule is O=C(c1cc(Cl)cc(Cl)c1)C1CCCC1. The fourth-order valence-corrected chi connectivity index (χ4v) is 2.65. The Morgan fingerprint density at radius 3 is 2.13 bits per heavy atom. The third-order valence-corrected chi connectivity index (χ3v) is 3.31. The first kappa shape index (κ1) is 11.0. The monoisotopic (exact) mass is 242 g/mol. The fourth-order valence-electron chi connectivity index (χ4n) is 2.12. The molecule has 1 aliphatic rings. The van der Waals surface area contributed by atoms with Gasteiger partial charge < -0.3 is 0 Å². The topological polar surface area (TPSA) is 17.1 Å². The summed E-state index contributed by atoms with van der Waals surface area (Å²) in [5, 5.41) is 1.06. The van der Waals surface area contributed by atoms with Gasteiger partial charge in [-0.3, -0.25) is 4.79 Å². The Balaban J connectivity index is 2.24. The molecule has 0 N–H and O–H groups in total. The van der Waals surface area contributed by atoms with Gasteiger partial charge in [-0.2, -0.15) is 0 Å². The molecule has 0 amide bonds. The molecule has 0 radical (unpaired) electrons. The second kappa shape index (κ2) is 4.54. The fraction of sp³-hybridized carbons (Fsp3) is 0.417. The molecule has 1 fully saturated rings. The van der Waals surface area contributed by atoms with Crippen LogP contribution in [-0.2, 0) is 0 Å². The summed E-state index contributed by atoms with van der Waals surface area (Å²) in [5.41, 5.74) is 0.652. The number of hydrogen-bond donors (Lipinski definition) is 0. The van der Waals surface area contributed by atoms with Gasteiger partial charge in [-0.15, -0.1) is 0 Å². The molecule has 0 unspecified atom stereocenters. The zero-order valence-electron chi connectivity index (χ0n) is 8.30. The Labute approximate surface area is 99.4 Å². The average Bonchev–Trinajstić information content (AvgIpc) is 2.67. The smallest absolute Gasteiger partial charge is 0.166 e. The van der Waals surface area contributed by atoms with Gasteiger partial charge in [0.1, 0.15) is 0 Å². The Bertz CT molecular complexity index is 361. The van der Waals surface area contributed by atoms with Crippen molar-refractivity contribution in [1.82, 2.24) is 0 Å². The van der Waals surface area contributed by atoms with Crippen molar-refractivity contribution in [2.24, 2.45) is 5.92 Å². The zero-order valence-corrected chi connectivity index (χ0v) is 9.81. The highest BCUT2D eigenvalue weighted by atomic mass is 35.5. The van der Waals surface area contributed by atoms with Crippen LogP contribution in [0.5, 0.6) is 0 Å². The number of ketones is 1. The zero-order chi connectivity index (χ0) is 10.8. The quantitative estimate of drug-likeness (QED) is 0.705. The predicted octanol–water partition coefficient (Wildman–Crippen LogP) is 4.37. The van der Waals surface area contributed by atoms with Crippen molar-refractivity contribution < 1.29 is 4.79 Å². The molecule has 15 heavy (non-hydrogen) atoms. The van der Waals surface area contributed by atoms with Gasteiger partial charge in [0, 0.05) is 21.5 Å². The molecule has 2 rings (SSSR count). The van der Waals surface area contributed by atoms with Gasteiger partial charge in [0.05, 0.1) is 0 Å². The number of rotatable bonds is 2. The highest BCUT2D eigenvalue weighted by Crippen LogP contribution is 2.29. The lowest BCUT2D eigenvalue weighted by molar-refractivity contribution is 0.0923. The van der Waals surface area contributed by atoms with Gasteiger partial charge in [-0.1, -0.05) is 36.0 Å². The van der Waals surface area contributed by atoms with E-state index in [1.807, 2.05) is 0 Å². The van der Waals surface area contributed by atoms with E-state index in [1.54, 1.807) is 18.2 Å². The van der Waals surface area contributed by atoms with Crippen LogP contribution >= 0.6 is 23.2 Å². The van der Waals surface area contributed by atoms with Gasteiger partial charge in [-0.25, -0.2) is 0 Å². The molecule has 0 atom stereocenters. The highest BCUT2D eigenvalue weighted by molar-refractivity contribution is 6.35. The van der Waals surface area contributed by atoms with Crippen molar-refractivity contribution in [2.75, 3.05) is 0 Å². The molecule has 0 heterocycles. The maximum atomic E-state index is 12.0. The molecule has 1 nitrogen and oxygen atoms in total. The first-order chi connectivity index (χ1) is 7.16. The van der Waals surface area contributed by atoms with Crippen LogP contribution in [-0.4, -0.2) is 5.78 Å². The standard InChI is InChI=1S/C12H12Cl2O/c13-10-5-9(6-11(14)7-10)12(15)8-3-1-2-4-8/h5-8H,1-4H2. The summed E-state index contributed by atoms with van der Waals surface area (Å²) < 4.78 is 0. The summed E-state index contributed by atoms with van der Waals surface area (Å²) in [5.74, 6) is 0.372. The summed E-state index contributed by atoms with van der Waals surface area (Å²) in [6.07, 6.45) is 4.32. The largest absolute Gasteiger partial charge is 0.294 e. The molecule has 0 aromatic heterocycles. The summed E-state index contributed by atoms with van der Waals surface area (Å²) in [4.78, 5) is 12.0. The van der Waals surface area contributed by atoms with E-state index in [0.29, 0.717) is 15.6 Å². The van der Waals surface area contributed by atoms with Crippen LogP contribution in [0.1, 0.15) is 36.0 Å². The van der Waals surface area contributed by atoms with Crippen LogP contribution in [0.3, 0.4) is 0 Å². The Morgan fingerprint density at radius 2 is 1.60 bits per heavy atom. The van der Waals surface area contributed by atoms with Gasteiger partial charge in [0.15, 0.2) is 5.78 Å². The number of carbonyl (C=O) groups excluding carboxylic acids is 1. The van der Waals surface area contributed by atoms with E-state index >= 15 is 0 Å². The third-order valence-electron chi connectivity index (χ3n) is 2.87. The molecule has 3 heteroatoms. The minimum Gasteiger partial charge on any atom is -0.294 e. The minimum atomic E-state index is 0.180. The number of Topliss-reactive ketones (excluding diaryl/α,β-unsaturated/α-hetero) is 1. The maximum absolute atomic E-state index is 12.0. The average molecular weight is 243 g/mol. The summed E-state index contributed by atoms with van der Waals surface area (Å²) in [6, 6.07) is 5.05. The van der Waals surface area contributed by atoms with Crippen molar-refractivity contribution in [1.29, 1.82) is 0 Å². The molecule has 0 bridgehead atoms. The van der Waals surface area contributed by atoms with Crippen molar-refractivity contribution in [3.63, 3.8) is 0 Å². The van der Waals surface area contributed by atoms with Crippen molar-refractivity contribution >= 4 is 29.0 Å². The molecular formula is C12H12Cl2O. The van der Waals surface area contributed by atoms with Crippen LogP contribution in [0, 0.1) is 5.92 Å².